The van der Waals surface area contributed by atoms with Gasteiger partial charge < -0.3 is 5.32 Å². The van der Waals surface area contributed by atoms with Crippen molar-refractivity contribution in [2.24, 2.45) is 5.92 Å². The smallest absolute Gasteiger partial charge is 0.126 e. The van der Waals surface area contributed by atoms with Crippen LogP contribution in [0.4, 0.5) is 4.39 Å². The fourth-order valence-electron chi connectivity index (χ4n) is 3.84. The summed E-state index contributed by atoms with van der Waals surface area (Å²) in [4.78, 5) is 2.57. The first-order chi connectivity index (χ1) is 9.79. The molecule has 1 unspecified atom stereocenters. The molecular weight excluding hydrogens is 251 g/mol. The van der Waals surface area contributed by atoms with Gasteiger partial charge in [-0.3, -0.25) is 4.90 Å². The van der Waals surface area contributed by atoms with Gasteiger partial charge in [-0.2, -0.15) is 0 Å². The molecule has 1 aromatic carbocycles. The highest BCUT2D eigenvalue weighted by molar-refractivity contribution is 5.35. The van der Waals surface area contributed by atoms with Crippen LogP contribution in [0, 0.1) is 11.7 Å². The van der Waals surface area contributed by atoms with Crippen molar-refractivity contribution >= 4 is 0 Å². The first-order valence-electron chi connectivity index (χ1n) is 8.01. The zero-order chi connectivity index (χ0) is 13.9. The zero-order valence-corrected chi connectivity index (χ0v) is 12.4. The number of hydrogen-bond donors (Lipinski definition) is 1. The summed E-state index contributed by atoms with van der Waals surface area (Å²) in [7, 11) is 0. The summed E-state index contributed by atoms with van der Waals surface area (Å²) in [6, 6.07) is 6.02. The number of piperidine rings is 1. The Balaban J connectivity index is 1.73. The maximum absolute atomic E-state index is 13.9. The molecule has 1 fully saturated rings. The minimum Gasteiger partial charge on any atom is -0.317 e. The third-order valence-electron chi connectivity index (χ3n) is 4.98. The highest BCUT2D eigenvalue weighted by Crippen LogP contribution is 2.37. The molecule has 20 heavy (non-hydrogen) atoms. The van der Waals surface area contributed by atoms with E-state index in [-0.39, 0.29) is 5.82 Å². The van der Waals surface area contributed by atoms with Gasteiger partial charge in [-0.05, 0) is 68.4 Å². The fraction of sp³-hybridized carbons (Fsp3) is 0.647. The molecule has 0 spiro atoms. The van der Waals surface area contributed by atoms with E-state index >= 15 is 0 Å². The lowest BCUT2D eigenvalue weighted by Crippen LogP contribution is -2.37. The normalized spacial score (nSPS) is 23.2. The summed E-state index contributed by atoms with van der Waals surface area (Å²) < 4.78 is 13.9. The molecule has 1 aliphatic heterocycles. The zero-order valence-electron chi connectivity index (χ0n) is 12.4. The lowest BCUT2D eigenvalue weighted by Gasteiger charge is -2.33. The van der Waals surface area contributed by atoms with E-state index in [1.54, 1.807) is 6.07 Å². The Labute approximate surface area is 121 Å². The minimum absolute atomic E-state index is 0.0112. The van der Waals surface area contributed by atoms with Crippen LogP contribution in [0.2, 0.25) is 0 Å². The molecule has 0 amide bonds. The molecule has 2 aliphatic rings. The van der Waals surface area contributed by atoms with Crippen molar-refractivity contribution in [3.8, 4) is 0 Å². The summed E-state index contributed by atoms with van der Waals surface area (Å²) in [6.45, 7) is 6.76. The standard InChI is InChI=1S/C17H25FN2/c1-2-20(12-13-8-10-19-11-9-13)17-7-6-14-15(17)4-3-5-16(14)18/h3-5,13,17,19H,2,6-12H2,1H3. The second-order valence-corrected chi connectivity index (χ2v) is 6.14. The predicted molar refractivity (Wildman–Crippen MR) is 80.3 cm³/mol. The summed E-state index contributed by atoms with van der Waals surface area (Å²) in [5.41, 5.74) is 2.20. The predicted octanol–water partition coefficient (Wildman–Crippen LogP) is 3.13. The fourth-order valence-corrected chi connectivity index (χ4v) is 3.84. The van der Waals surface area contributed by atoms with Gasteiger partial charge in [0.1, 0.15) is 5.82 Å². The van der Waals surface area contributed by atoms with Crippen LogP contribution in [0.1, 0.15) is 43.4 Å². The van der Waals surface area contributed by atoms with Crippen molar-refractivity contribution in [1.82, 2.24) is 10.2 Å². The van der Waals surface area contributed by atoms with E-state index < -0.39 is 0 Å². The van der Waals surface area contributed by atoms with E-state index in [0.717, 1.165) is 44.0 Å². The van der Waals surface area contributed by atoms with Crippen molar-refractivity contribution in [3.05, 3.63) is 35.1 Å². The van der Waals surface area contributed by atoms with Crippen LogP contribution in [-0.4, -0.2) is 31.1 Å². The van der Waals surface area contributed by atoms with Crippen LogP contribution < -0.4 is 5.32 Å². The van der Waals surface area contributed by atoms with Crippen LogP contribution in [0.3, 0.4) is 0 Å². The number of halogens is 1. The Kier molecular flexibility index (Phi) is 4.37. The molecule has 3 rings (SSSR count). The second kappa shape index (κ2) is 6.23. The first kappa shape index (κ1) is 14.0. The van der Waals surface area contributed by atoms with Crippen LogP contribution in [0.5, 0.6) is 0 Å². The quantitative estimate of drug-likeness (QED) is 0.909. The Hall–Kier alpha value is -0.930. The number of hydrogen-bond acceptors (Lipinski definition) is 2. The van der Waals surface area contributed by atoms with E-state index in [2.05, 4.69) is 23.2 Å². The largest absolute Gasteiger partial charge is 0.317 e. The van der Waals surface area contributed by atoms with Gasteiger partial charge in [-0.15, -0.1) is 0 Å². The number of fused-ring (bicyclic) bond motifs is 1. The third-order valence-corrected chi connectivity index (χ3v) is 4.98. The van der Waals surface area contributed by atoms with Gasteiger partial charge in [0.25, 0.3) is 0 Å². The summed E-state index contributed by atoms with van der Waals surface area (Å²) in [5.74, 6) is 0.789. The lowest BCUT2D eigenvalue weighted by molar-refractivity contribution is 0.158. The second-order valence-electron chi connectivity index (χ2n) is 6.14. The van der Waals surface area contributed by atoms with Gasteiger partial charge in [0.05, 0.1) is 0 Å². The monoisotopic (exact) mass is 276 g/mol. The number of rotatable bonds is 4. The molecule has 0 saturated carbocycles. The van der Waals surface area contributed by atoms with Gasteiger partial charge in [0, 0.05) is 12.6 Å². The first-order valence-corrected chi connectivity index (χ1v) is 8.01. The summed E-state index contributed by atoms with van der Waals surface area (Å²) in [5, 5.41) is 3.43. The molecule has 3 heteroatoms. The Bertz CT molecular complexity index is 454. The molecular formula is C17H25FN2. The summed E-state index contributed by atoms with van der Waals surface area (Å²) in [6.07, 6.45) is 4.53. The van der Waals surface area contributed by atoms with Crippen molar-refractivity contribution in [1.29, 1.82) is 0 Å². The van der Waals surface area contributed by atoms with Crippen LogP contribution in [-0.2, 0) is 6.42 Å². The van der Waals surface area contributed by atoms with Gasteiger partial charge in [0.2, 0.25) is 0 Å². The van der Waals surface area contributed by atoms with E-state index in [0.29, 0.717) is 6.04 Å². The van der Waals surface area contributed by atoms with Crippen LogP contribution in [0.25, 0.3) is 0 Å². The van der Waals surface area contributed by atoms with Crippen molar-refractivity contribution in [2.45, 2.75) is 38.6 Å². The van der Waals surface area contributed by atoms with E-state index in [4.69, 9.17) is 0 Å². The Morgan fingerprint density at radius 2 is 2.05 bits per heavy atom. The van der Waals surface area contributed by atoms with Crippen LogP contribution >= 0.6 is 0 Å². The number of nitrogens with one attached hydrogen (secondary N) is 1. The molecule has 0 radical (unpaired) electrons. The number of nitrogens with zero attached hydrogens (tertiary/aromatic N) is 1. The SMILES string of the molecule is CCN(CC1CCNCC1)C1CCc2c(F)cccc21. The van der Waals surface area contributed by atoms with Gasteiger partial charge in [-0.1, -0.05) is 19.1 Å². The maximum atomic E-state index is 13.9. The van der Waals surface area contributed by atoms with Gasteiger partial charge in [-0.25, -0.2) is 4.39 Å². The number of benzene rings is 1. The molecule has 0 aromatic heterocycles. The van der Waals surface area contributed by atoms with Gasteiger partial charge in [0.15, 0.2) is 0 Å². The molecule has 1 heterocycles. The summed E-state index contributed by atoms with van der Waals surface area (Å²) >= 11 is 0. The van der Waals surface area contributed by atoms with Gasteiger partial charge >= 0.3 is 0 Å². The maximum Gasteiger partial charge on any atom is 0.126 e. The van der Waals surface area contributed by atoms with E-state index in [9.17, 15) is 4.39 Å². The topological polar surface area (TPSA) is 15.3 Å². The third kappa shape index (κ3) is 2.75. The molecule has 1 N–H and O–H groups in total. The Morgan fingerprint density at radius 1 is 1.25 bits per heavy atom. The molecule has 1 saturated heterocycles. The van der Waals surface area contributed by atoms with Crippen LogP contribution in [0.15, 0.2) is 18.2 Å². The molecule has 0 bridgehead atoms. The lowest BCUT2D eigenvalue weighted by atomic mass is 9.96. The minimum atomic E-state index is -0.0112. The molecule has 110 valence electrons. The van der Waals surface area contributed by atoms with Crippen molar-refractivity contribution < 1.29 is 4.39 Å². The molecule has 1 aliphatic carbocycles. The van der Waals surface area contributed by atoms with E-state index in [1.807, 2.05) is 6.07 Å². The van der Waals surface area contributed by atoms with Crippen molar-refractivity contribution in [2.75, 3.05) is 26.2 Å². The average molecular weight is 276 g/mol. The highest BCUT2D eigenvalue weighted by Gasteiger charge is 2.30. The van der Waals surface area contributed by atoms with E-state index in [1.165, 1.54) is 24.9 Å². The Morgan fingerprint density at radius 3 is 2.80 bits per heavy atom. The van der Waals surface area contributed by atoms with Crippen molar-refractivity contribution in [3.63, 3.8) is 0 Å². The molecule has 2 nitrogen and oxygen atoms in total. The molecule has 1 atom stereocenters. The average Bonchev–Trinajstić information content (AvgIpc) is 2.91. The highest BCUT2D eigenvalue weighted by atomic mass is 19.1. The molecule has 1 aromatic rings.